The maximum Gasteiger partial charge on any atom is 0.334 e. The van der Waals surface area contributed by atoms with Gasteiger partial charge >= 0.3 is 12.0 Å². The van der Waals surface area contributed by atoms with Crippen LogP contribution in [0.3, 0.4) is 0 Å². The molecule has 0 fully saturated rings. The number of carboxylic acid groups (broad SMARTS) is 1. The molecule has 4 N–H and O–H groups in total. The molecule has 0 saturated carbocycles. The van der Waals surface area contributed by atoms with Gasteiger partial charge in [0.15, 0.2) is 6.10 Å². The molecule has 0 saturated heterocycles. The second-order valence-corrected chi connectivity index (χ2v) is 4.62. The van der Waals surface area contributed by atoms with Gasteiger partial charge in [-0.15, -0.1) is 0 Å². The Kier molecular flexibility index (Phi) is 5.25. The van der Waals surface area contributed by atoms with Crippen LogP contribution in [0.5, 0.6) is 0 Å². The molecule has 104 valence electrons. The third kappa shape index (κ3) is 4.49. The molecule has 19 heavy (non-hydrogen) atoms. The van der Waals surface area contributed by atoms with E-state index in [1.54, 1.807) is 6.92 Å². The topological polar surface area (TPSA) is 98.7 Å². The van der Waals surface area contributed by atoms with E-state index in [-0.39, 0.29) is 4.47 Å². The fourth-order valence-corrected chi connectivity index (χ4v) is 1.57. The number of amides is 2. The van der Waals surface area contributed by atoms with E-state index in [0.717, 1.165) is 0 Å². The second-order valence-electron chi connectivity index (χ2n) is 3.77. The molecule has 1 aromatic rings. The van der Waals surface area contributed by atoms with Crippen LogP contribution in [0.15, 0.2) is 16.6 Å². The summed E-state index contributed by atoms with van der Waals surface area (Å²) in [6.45, 7) is 1.18. The summed E-state index contributed by atoms with van der Waals surface area (Å²) < 4.78 is 13.4. The molecule has 0 unspecified atom stereocenters. The zero-order valence-corrected chi connectivity index (χ0v) is 11.5. The monoisotopic (exact) mass is 334 g/mol. The SMILES string of the molecule is Cc1cc(F)c(Br)cc1NC(=O)NC[C@H](O)C(=O)O. The van der Waals surface area contributed by atoms with Crippen LogP contribution in [-0.2, 0) is 4.79 Å². The van der Waals surface area contributed by atoms with Gasteiger partial charge < -0.3 is 20.8 Å². The van der Waals surface area contributed by atoms with Crippen LogP contribution in [0.4, 0.5) is 14.9 Å². The van der Waals surface area contributed by atoms with Crippen molar-refractivity contribution in [2.24, 2.45) is 0 Å². The lowest BCUT2D eigenvalue weighted by atomic mass is 10.2. The quantitative estimate of drug-likeness (QED) is 0.670. The predicted octanol–water partition coefficient (Wildman–Crippen LogP) is 1.46. The van der Waals surface area contributed by atoms with Crippen molar-refractivity contribution < 1.29 is 24.2 Å². The van der Waals surface area contributed by atoms with Crippen LogP contribution >= 0.6 is 15.9 Å². The van der Waals surface area contributed by atoms with E-state index in [2.05, 4.69) is 26.6 Å². The summed E-state index contributed by atoms with van der Waals surface area (Å²) in [6.07, 6.45) is -1.67. The van der Waals surface area contributed by atoms with E-state index in [9.17, 15) is 14.0 Å². The molecule has 1 rings (SSSR count). The Morgan fingerprint density at radius 2 is 2.11 bits per heavy atom. The van der Waals surface area contributed by atoms with Crippen molar-refractivity contribution in [1.82, 2.24) is 5.32 Å². The fourth-order valence-electron chi connectivity index (χ4n) is 1.22. The van der Waals surface area contributed by atoms with E-state index in [1.165, 1.54) is 12.1 Å². The molecule has 2 amide bonds. The minimum Gasteiger partial charge on any atom is -0.479 e. The minimum atomic E-state index is -1.67. The summed E-state index contributed by atoms with van der Waals surface area (Å²) in [5.74, 6) is -1.88. The number of anilines is 1. The van der Waals surface area contributed by atoms with Gasteiger partial charge in [0.2, 0.25) is 0 Å². The number of hydrogen-bond acceptors (Lipinski definition) is 3. The average molecular weight is 335 g/mol. The number of rotatable bonds is 4. The molecule has 8 heteroatoms. The van der Waals surface area contributed by atoms with Gasteiger partial charge in [0.25, 0.3) is 0 Å². The number of hydrogen-bond donors (Lipinski definition) is 4. The van der Waals surface area contributed by atoms with Crippen LogP contribution in [0.25, 0.3) is 0 Å². The Morgan fingerprint density at radius 3 is 2.68 bits per heavy atom. The van der Waals surface area contributed by atoms with Crippen molar-refractivity contribution >= 4 is 33.6 Å². The van der Waals surface area contributed by atoms with E-state index < -0.39 is 30.5 Å². The van der Waals surface area contributed by atoms with Gasteiger partial charge in [-0.1, -0.05) is 0 Å². The van der Waals surface area contributed by atoms with Gasteiger partial charge in [-0.2, -0.15) is 0 Å². The number of aliphatic hydroxyl groups excluding tert-OH is 1. The summed E-state index contributed by atoms with van der Waals surface area (Å²) in [5, 5.41) is 22.0. The number of benzene rings is 1. The predicted molar refractivity (Wildman–Crippen MR) is 69.5 cm³/mol. The number of aliphatic carboxylic acids is 1. The molecule has 1 aromatic carbocycles. The first kappa shape index (κ1) is 15.4. The van der Waals surface area contributed by atoms with Gasteiger partial charge in [-0.05, 0) is 40.5 Å². The third-order valence-corrected chi connectivity index (χ3v) is 2.86. The van der Waals surface area contributed by atoms with Gasteiger partial charge in [0.1, 0.15) is 5.82 Å². The zero-order chi connectivity index (χ0) is 14.6. The number of carbonyl (C=O) groups is 2. The smallest absolute Gasteiger partial charge is 0.334 e. The van der Waals surface area contributed by atoms with Crippen molar-refractivity contribution in [2.75, 3.05) is 11.9 Å². The van der Waals surface area contributed by atoms with Crippen molar-refractivity contribution in [3.63, 3.8) is 0 Å². The number of carbonyl (C=O) groups excluding carboxylic acids is 1. The highest BCUT2D eigenvalue weighted by Crippen LogP contribution is 2.24. The van der Waals surface area contributed by atoms with Crippen molar-refractivity contribution in [3.8, 4) is 0 Å². The molecule has 0 radical (unpaired) electrons. The number of aliphatic hydroxyl groups is 1. The van der Waals surface area contributed by atoms with E-state index >= 15 is 0 Å². The van der Waals surface area contributed by atoms with Gasteiger partial charge in [-0.25, -0.2) is 14.0 Å². The molecule has 0 aliphatic carbocycles. The van der Waals surface area contributed by atoms with Crippen LogP contribution in [-0.4, -0.2) is 34.9 Å². The number of urea groups is 1. The molecule has 0 heterocycles. The molecule has 0 bridgehead atoms. The Morgan fingerprint density at radius 1 is 1.47 bits per heavy atom. The Balaban J connectivity index is 2.62. The normalized spacial score (nSPS) is 11.8. The van der Waals surface area contributed by atoms with Crippen LogP contribution < -0.4 is 10.6 Å². The van der Waals surface area contributed by atoms with Crippen molar-refractivity contribution in [3.05, 3.63) is 28.0 Å². The van der Waals surface area contributed by atoms with Crippen LogP contribution in [0.1, 0.15) is 5.56 Å². The number of halogens is 2. The lowest BCUT2D eigenvalue weighted by Gasteiger charge is -2.11. The Labute approximate surface area is 116 Å². The number of aryl methyl sites for hydroxylation is 1. The van der Waals surface area contributed by atoms with Gasteiger partial charge in [0.05, 0.1) is 11.0 Å². The molecule has 0 aromatic heterocycles. The van der Waals surface area contributed by atoms with Gasteiger partial charge in [0, 0.05) is 5.69 Å². The first-order valence-electron chi connectivity index (χ1n) is 5.22. The third-order valence-electron chi connectivity index (χ3n) is 2.26. The zero-order valence-electron chi connectivity index (χ0n) is 9.91. The number of nitrogens with one attached hydrogen (secondary N) is 2. The van der Waals surface area contributed by atoms with E-state index in [0.29, 0.717) is 11.3 Å². The molecule has 6 nitrogen and oxygen atoms in total. The lowest BCUT2D eigenvalue weighted by Crippen LogP contribution is -2.38. The summed E-state index contributed by atoms with van der Waals surface area (Å²) in [7, 11) is 0. The summed E-state index contributed by atoms with van der Waals surface area (Å²) in [4.78, 5) is 21.8. The molecule has 0 aliphatic rings. The first-order valence-corrected chi connectivity index (χ1v) is 6.02. The Bertz CT molecular complexity index is 510. The second kappa shape index (κ2) is 6.48. The molecular weight excluding hydrogens is 323 g/mol. The van der Waals surface area contributed by atoms with E-state index in [1.807, 2.05) is 0 Å². The Hall–Kier alpha value is -1.67. The summed E-state index contributed by atoms with van der Waals surface area (Å²) in [5.41, 5.74) is 0.880. The van der Waals surface area contributed by atoms with Crippen LogP contribution in [0.2, 0.25) is 0 Å². The lowest BCUT2D eigenvalue weighted by molar-refractivity contribution is -0.146. The van der Waals surface area contributed by atoms with Crippen LogP contribution in [0, 0.1) is 12.7 Å². The first-order chi connectivity index (χ1) is 8.81. The van der Waals surface area contributed by atoms with E-state index in [4.69, 9.17) is 10.2 Å². The van der Waals surface area contributed by atoms with Crippen molar-refractivity contribution in [2.45, 2.75) is 13.0 Å². The fraction of sp³-hybridized carbons (Fsp3) is 0.273. The summed E-state index contributed by atoms with van der Waals surface area (Å²) in [6, 6.07) is 1.94. The number of carboxylic acids is 1. The molecule has 1 atom stereocenters. The minimum absolute atomic E-state index is 0.193. The highest BCUT2D eigenvalue weighted by atomic mass is 79.9. The maximum atomic E-state index is 13.2. The van der Waals surface area contributed by atoms with Crippen molar-refractivity contribution in [1.29, 1.82) is 0 Å². The molecular formula is C11H12BrFN2O4. The average Bonchev–Trinajstić information content (AvgIpc) is 2.32. The summed E-state index contributed by atoms with van der Waals surface area (Å²) >= 11 is 2.99. The molecule has 0 aliphatic heterocycles. The largest absolute Gasteiger partial charge is 0.479 e. The highest BCUT2D eigenvalue weighted by molar-refractivity contribution is 9.10. The standard InChI is InChI=1S/C11H12BrFN2O4/c1-5-2-7(13)6(12)3-8(5)15-11(19)14-4-9(16)10(17)18/h2-3,9,16H,4H2,1H3,(H,17,18)(H2,14,15,19)/t9-/m0/s1. The van der Waals surface area contributed by atoms with Gasteiger partial charge in [-0.3, -0.25) is 0 Å². The maximum absolute atomic E-state index is 13.2. The highest BCUT2D eigenvalue weighted by Gasteiger charge is 2.14. The molecule has 0 spiro atoms.